The van der Waals surface area contributed by atoms with Gasteiger partial charge in [-0.25, -0.2) is 4.79 Å². The third kappa shape index (κ3) is 4.70. The Labute approximate surface area is 126 Å². The SMILES string of the molecule is CN1CCN(C)C(CNC(=O)Nc2ccc(CN)cc2)C1. The largest absolute Gasteiger partial charge is 0.336 e. The Balaban J connectivity index is 1.78. The molecule has 1 unspecified atom stereocenters. The molecule has 1 heterocycles. The van der Waals surface area contributed by atoms with Crippen LogP contribution in [-0.4, -0.2) is 62.1 Å². The minimum Gasteiger partial charge on any atom is -0.336 e. The van der Waals surface area contributed by atoms with Gasteiger partial charge in [-0.3, -0.25) is 4.90 Å². The highest BCUT2D eigenvalue weighted by Gasteiger charge is 2.22. The molecular formula is C15H25N5O. The fourth-order valence-electron chi connectivity index (χ4n) is 2.43. The summed E-state index contributed by atoms with van der Waals surface area (Å²) < 4.78 is 0. The van der Waals surface area contributed by atoms with Crippen LogP contribution in [-0.2, 0) is 6.54 Å². The van der Waals surface area contributed by atoms with Crippen LogP contribution in [0.15, 0.2) is 24.3 Å². The van der Waals surface area contributed by atoms with Crippen molar-refractivity contribution in [3.05, 3.63) is 29.8 Å². The summed E-state index contributed by atoms with van der Waals surface area (Å²) in [5.74, 6) is 0. The molecule has 1 aliphatic rings. The first-order valence-corrected chi connectivity index (χ1v) is 7.31. The third-order valence-electron chi connectivity index (χ3n) is 3.93. The zero-order valence-corrected chi connectivity index (χ0v) is 12.8. The average molecular weight is 291 g/mol. The van der Waals surface area contributed by atoms with Gasteiger partial charge in [0.1, 0.15) is 0 Å². The van der Waals surface area contributed by atoms with Gasteiger partial charge >= 0.3 is 6.03 Å². The molecule has 1 atom stereocenters. The van der Waals surface area contributed by atoms with E-state index in [-0.39, 0.29) is 6.03 Å². The second-order valence-electron chi connectivity index (χ2n) is 5.63. The Morgan fingerprint density at radius 2 is 2.00 bits per heavy atom. The molecule has 6 heteroatoms. The molecule has 1 saturated heterocycles. The molecule has 6 nitrogen and oxygen atoms in total. The predicted octanol–water partition coefficient (Wildman–Crippen LogP) is 0.513. The van der Waals surface area contributed by atoms with Gasteiger partial charge in [0.25, 0.3) is 0 Å². The number of nitrogens with two attached hydrogens (primary N) is 1. The number of rotatable bonds is 4. The van der Waals surface area contributed by atoms with Gasteiger partial charge in [-0.1, -0.05) is 12.1 Å². The number of benzene rings is 1. The van der Waals surface area contributed by atoms with E-state index in [1.165, 1.54) is 0 Å². The lowest BCUT2D eigenvalue weighted by atomic mass is 10.2. The van der Waals surface area contributed by atoms with Crippen molar-refractivity contribution in [2.45, 2.75) is 12.6 Å². The monoisotopic (exact) mass is 291 g/mol. The van der Waals surface area contributed by atoms with E-state index in [9.17, 15) is 4.79 Å². The van der Waals surface area contributed by atoms with Gasteiger partial charge < -0.3 is 21.3 Å². The standard InChI is InChI=1S/C15H25N5O/c1-19-7-8-20(2)14(11-19)10-17-15(21)18-13-5-3-12(9-16)4-6-13/h3-6,14H,7-11,16H2,1-2H3,(H2,17,18,21). The highest BCUT2D eigenvalue weighted by molar-refractivity contribution is 5.89. The van der Waals surface area contributed by atoms with Crippen LogP contribution >= 0.6 is 0 Å². The maximum atomic E-state index is 11.9. The average Bonchev–Trinajstić information content (AvgIpc) is 2.49. The van der Waals surface area contributed by atoms with Crippen LogP contribution in [0.1, 0.15) is 5.56 Å². The van der Waals surface area contributed by atoms with Crippen LogP contribution in [0.4, 0.5) is 10.5 Å². The normalized spacial score (nSPS) is 20.2. The van der Waals surface area contributed by atoms with Crippen molar-refractivity contribution in [2.75, 3.05) is 45.6 Å². The highest BCUT2D eigenvalue weighted by Crippen LogP contribution is 2.09. The maximum absolute atomic E-state index is 11.9. The molecule has 2 amide bonds. The molecule has 116 valence electrons. The number of urea groups is 1. The molecule has 0 radical (unpaired) electrons. The number of carbonyl (C=O) groups is 1. The van der Waals surface area contributed by atoms with Crippen LogP contribution in [0.3, 0.4) is 0 Å². The van der Waals surface area contributed by atoms with Gasteiger partial charge in [-0.15, -0.1) is 0 Å². The number of carbonyl (C=O) groups excluding carboxylic acids is 1. The van der Waals surface area contributed by atoms with Crippen LogP contribution in [0.2, 0.25) is 0 Å². The highest BCUT2D eigenvalue weighted by atomic mass is 16.2. The smallest absolute Gasteiger partial charge is 0.319 e. The van der Waals surface area contributed by atoms with E-state index in [4.69, 9.17) is 5.73 Å². The van der Waals surface area contributed by atoms with E-state index in [0.29, 0.717) is 19.1 Å². The van der Waals surface area contributed by atoms with Crippen LogP contribution in [0.25, 0.3) is 0 Å². The number of amides is 2. The number of likely N-dealkylation sites (N-methyl/N-ethyl adjacent to an activating group) is 2. The molecular weight excluding hydrogens is 266 g/mol. The first-order chi connectivity index (χ1) is 10.1. The zero-order chi connectivity index (χ0) is 15.2. The fraction of sp³-hybridized carbons (Fsp3) is 0.533. The number of nitrogens with one attached hydrogen (secondary N) is 2. The number of piperazine rings is 1. The Morgan fingerprint density at radius 1 is 1.29 bits per heavy atom. The van der Waals surface area contributed by atoms with E-state index in [1.807, 2.05) is 24.3 Å². The number of nitrogens with zero attached hydrogens (tertiary/aromatic N) is 2. The summed E-state index contributed by atoms with van der Waals surface area (Å²) in [5, 5.41) is 5.77. The minimum atomic E-state index is -0.169. The number of hydrogen-bond acceptors (Lipinski definition) is 4. The van der Waals surface area contributed by atoms with Crippen molar-refractivity contribution in [3.8, 4) is 0 Å². The van der Waals surface area contributed by atoms with Gasteiger partial charge in [0.15, 0.2) is 0 Å². The van der Waals surface area contributed by atoms with Crippen molar-refractivity contribution >= 4 is 11.7 Å². The molecule has 1 aliphatic heterocycles. The second kappa shape index (κ2) is 7.40. The van der Waals surface area contributed by atoms with Crippen molar-refractivity contribution in [2.24, 2.45) is 5.73 Å². The minimum absolute atomic E-state index is 0.169. The van der Waals surface area contributed by atoms with E-state index in [2.05, 4.69) is 34.5 Å². The summed E-state index contributed by atoms with van der Waals surface area (Å²) in [4.78, 5) is 16.5. The molecule has 0 aromatic heterocycles. The van der Waals surface area contributed by atoms with Crippen molar-refractivity contribution in [1.82, 2.24) is 15.1 Å². The quantitative estimate of drug-likeness (QED) is 0.756. The van der Waals surface area contributed by atoms with Crippen LogP contribution in [0, 0.1) is 0 Å². The lowest BCUT2D eigenvalue weighted by Gasteiger charge is -2.37. The van der Waals surface area contributed by atoms with Gasteiger partial charge in [0.05, 0.1) is 0 Å². The first-order valence-electron chi connectivity index (χ1n) is 7.31. The van der Waals surface area contributed by atoms with Gasteiger partial charge in [-0.2, -0.15) is 0 Å². The zero-order valence-electron chi connectivity index (χ0n) is 12.8. The molecule has 0 spiro atoms. The van der Waals surface area contributed by atoms with Gasteiger partial charge in [0.2, 0.25) is 0 Å². The van der Waals surface area contributed by atoms with Crippen molar-refractivity contribution < 1.29 is 4.79 Å². The lowest BCUT2D eigenvalue weighted by Crippen LogP contribution is -2.54. The van der Waals surface area contributed by atoms with E-state index in [0.717, 1.165) is 30.9 Å². The molecule has 1 aromatic carbocycles. The van der Waals surface area contributed by atoms with E-state index < -0.39 is 0 Å². The van der Waals surface area contributed by atoms with Gasteiger partial charge in [0, 0.05) is 44.5 Å². The molecule has 2 rings (SSSR count). The summed E-state index contributed by atoms with van der Waals surface area (Å²) in [6, 6.07) is 7.75. The second-order valence-corrected chi connectivity index (χ2v) is 5.63. The molecule has 0 aliphatic carbocycles. The number of anilines is 1. The van der Waals surface area contributed by atoms with Gasteiger partial charge in [-0.05, 0) is 31.8 Å². The topological polar surface area (TPSA) is 73.6 Å². The molecule has 1 aromatic rings. The first kappa shape index (κ1) is 15.8. The Kier molecular flexibility index (Phi) is 5.55. The van der Waals surface area contributed by atoms with E-state index in [1.54, 1.807) is 0 Å². The van der Waals surface area contributed by atoms with Crippen molar-refractivity contribution in [1.29, 1.82) is 0 Å². The summed E-state index contributed by atoms with van der Waals surface area (Å²) >= 11 is 0. The van der Waals surface area contributed by atoms with E-state index >= 15 is 0 Å². The molecule has 21 heavy (non-hydrogen) atoms. The lowest BCUT2D eigenvalue weighted by molar-refractivity contribution is 0.115. The van der Waals surface area contributed by atoms with Crippen molar-refractivity contribution in [3.63, 3.8) is 0 Å². The third-order valence-corrected chi connectivity index (χ3v) is 3.93. The number of hydrogen-bond donors (Lipinski definition) is 3. The maximum Gasteiger partial charge on any atom is 0.319 e. The summed E-state index contributed by atoms with van der Waals surface area (Å²) in [6.07, 6.45) is 0. The summed E-state index contributed by atoms with van der Waals surface area (Å²) in [5.41, 5.74) is 7.37. The molecule has 4 N–H and O–H groups in total. The molecule has 0 bridgehead atoms. The Hall–Kier alpha value is -1.63. The van der Waals surface area contributed by atoms with Crippen LogP contribution < -0.4 is 16.4 Å². The molecule has 1 fully saturated rings. The Morgan fingerprint density at radius 3 is 2.67 bits per heavy atom. The summed E-state index contributed by atoms with van der Waals surface area (Å²) in [6.45, 7) is 4.24. The predicted molar refractivity (Wildman–Crippen MR) is 85.3 cm³/mol. The molecule has 0 saturated carbocycles. The Bertz CT molecular complexity index is 462. The fourth-order valence-corrected chi connectivity index (χ4v) is 2.43. The van der Waals surface area contributed by atoms with Crippen LogP contribution in [0.5, 0.6) is 0 Å². The summed E-state index contributed by atoms with van der Waals surface area (Å²) in [7, 11) is 4.21.